The van der Waals surface area contributed by atoms with E-state index in [4.69, 9.17) is 16.0 Å². The predicted octanol–water partition coefficient (Wildman–Crippen LogP) is 3.21. The average Bonchev–Trinajstić information content (AvgIpc) is 2.43. The van der Waals surface area contributed by atoms with Gasteiger partial charge in [0.05, 0.1) is 10.6 Å². The van der Waals surface area contributed by atoms with Gasteiger partial charge in [-0.05, 0) is 13.0 Å². The van der Waals surface area contributed by atoms with Gasteiger partial charge in [-0.3, -0.25) is 4.79 Å². The van der Waals surface area contributed by atoms with Crippen LogP contribution in [0.5, 0.6) is 0 Å². The first-order valence-electron chi connectivity index (χ1n) is 3.87. The second-order valence-electron chi connectivity index (χ2n) is 2.81. The molecule has 0 aliphatic rings. The summed E-state index contributed by atoms with van der Waals surface area (Å²) in [5.74, 6) is 0.609. The number of carbonyl (C=O) groups excluding carboxylic acids is 1. The molecule has 0 aliphatic heterocycles. The van der Waals surface area contributed by atoms with Crippen molar-refractivity contribution in [3.05, 3.63) is 34.5 Å². The lowest BCUT2D eigenvalue weighted by Gasteiger charge is -1.89. The molecule has 0 radical (unpaired) electrons. The van der Waals surface area contributed by atoms with Crippen molar-refractivity contribution in [1.82, 2.24) is 0 Å². The highest BCUT2D eigenvalue weighted by Gasteiger charge is 2.11. The minimum Gasteiger partial charge on any atom is -0.459 e. The smallest absolute Gasteiger partial charge is 0.154 e. The van der Waals surface area contributed by atoms with E-state index in [1.165, 1.54) is 0 Å². The van der Waals surface area contributed by atoms with Crippen molar-refractivity contribution >= 4 is 28.9 Å². The van der Waals surface area contributed by atoms with Crippen LogP contribution in [0.15, 0.2) is 22.6 Å². The maximum absolute atomic E-state index is 10.7. The topological polar surface area (TPSA) is 30.2 Å². The maximum atomic E-state index is 10.7. The molecule has 1 heterocycles. The highest BCUT2D eigenvalue weighted by Crippen LogP contribution is 2.29. The molecule has 66 valence electrons. The van der Waals surface area contributed by atoms with Crippen LogP contribution in [-0.4, -0.2) is 6.29 Å². The molecule has 1 aromatic carbocycles. The van der Waals surface area contributed by atoms with E-state index >= 15 is 0 Å². The molecule has 0 fully saturated rings. The number of hydrogen-bond donors (Lipinski definition) is 0. The summed E-state index contributed by atoms with van der Waals surface area (Å²) >= 11 is 5.89. The van der Waals surface area contributed by atoms with Crippen LogP contribution in [-0.2, 0) is 0 Å². The summed E-state index contributed by atoms with van der Waals surface area (Å²) in [6.07, 6.45) is 0.789. The fraction of sp³-hybridized carbons (Fsp3) is 0.100. The van der Waals surface area contributed by atoms with Gasteiger partial charge in [0.25, 0.3) is 0 Å². The number of furan rings is 1. The average molecular weight is 195 g/mol. The summed E-state index contributed by atoms with van der Waals surface area (Å²) in [6.45, 7) is 1.75. The summed E-state index contributed by atoms with van der Waals surface area (Å²) in [4.78, 5) is 10.7. The number of carbonyl (C=O) groups is 1. The van der Waals surface area contributed by atoms with E-state index in [9.17, 15) is 4.79 Å². The Hall–Kier alpha value is -1.28. The SMILES string of the molecule is Cc1oc2c(Cl)cccc2c1C=O. The maximum Gasteiger partial charge on any atom is 0.154 e. The van der Waals surface area contributed by atoms with Crippen molar-refractivity contribution in [2.24, 2.45) is 0 Å². The first kappa shape index (κ1) is 8.32. The number of halogens is 1. The lowest BCUT2D eigenvalue weighted by molar-refractivity contribution is 0.112. The van der Waals surface area contributed by atoms with Crippen molar-refractivity contribution in [3.8, 4) is 0 Å². The minimum atomic E-state index is 0.536. The lowest BCUT2D eigenvalue weighted by Crippen LogP contribution is -1.78. The lowest BCUT2D eigenvalue weighted by atomic mass is 10.1. The Kier molecular flexibility index (Phi) is 1.85. The van der Waals surface area contributed by atoms with Gasteiger partial charge >= 0.3 is 0 Å². The zero-order chi connectivity index (χ0) is 9.42. The Labute approximate surface area is 80.1 Å². The van der Waals surface area contributed by atoms with E-state index in [1.54, 1.807) is 19.1 Å². The number of benzene rings is 1. The van der Waals surface area contributed by atoms with Gasteiger partial charge in [0, 0.05) is 5.39 Å². The van der Waals surface area contributed by atoms with E-state index in [2.05, 4.69) is 0 Å². The van der Waals surface area contributed by atoms with Gasteiger partial charge in [0.15, 0.2) is 11.9 Å². The first-order valence-corrected chi connectivity index (χ1v) is 4.24. The zero-order valence-corrected chi connectivity index (χ0v) is 7.76. The molecule has 0 amide bonds. The third kappa shape index (κ3) is 1.14. The summed E-state index contributed by atoms with van der Waals surface area (Å²) in [7, 11) is 0. The largest absolute Gasteiger partial charge is 0.459 e. The van der Waals surface area contributed by atoms with Crippen molar-refractivity contribution in [2.75, 3.05) is 0 Å². The van der Waals surface area contributed by atoms with Crippen LogP contribution in [0.3, 0.4) is 0 Å². The van der Waals surface area contributed by atoms with E-state index in [0.717, 1.165) is 11.7 Å². The second-order valence-corrected chi connectivity index (χ2v) is 3.21. The Bertz CT molecular complexity index is 471. The van der Waals surface area contributed by atoms with Crippen LogP contribution in [0.2, 0.25) is 5.02 Å². The minimum absolute atomic E-state index is 0.536. The molecule has 2 nitrogen and oxygen atoms in total. The highest BCUT2D eigenvalue weighted by molar-refractivity contribution is 6.35. The van der Waals surface area contributed by atoms with Crippen molar-refractivity contribution in [1.29, 1.82) is 0 Å². The van der Waals surface area contributed by atoms with Gasteiger partial charge in [0.2, 0.25) is 0 Å². The predicted molar refractivity (Wildman–Crippen MR) is 51.3 cm³/mol. The molecule has 13 heavy (non-hydrogen) atoms. The Morgan fingerprint density at radius 3 is 2.92 bits per heavy atom. The molecule has 0 bridgehead atoms. The third-order valence-electron chi connectivity index (χ3n) is 2.01. The highest BCUT2D eigenvalue weighted by atomic mass is 35.5. The number of para-hydroxylation sites is 1. The molecule has 0 spiro atoms. The molecular formula is C10H7ClO2. The van der Waals surface area contributed by atoms with E-state index in [0.29, 0.717) is 21.9 Å². The third-order valence-corrected chi connectivity index (χ3v) is 2.31. The zero-order valence-electron chi connectivity index (χ0n) is 7.00. The number of aryl methyl sites for hydroxylation is 1. The van der Waals surface area contributed by atoms with E-state index < -0.39 is 0 Å². The van der Waals surface area contributed by atoms with Crippen LogP contribution in [0.25, 0.3) is 11.0 Å². The molecule has 3 heteroatoms. The van der Waals surface area contributed by atoms with Crippen molar-refractivity contribution < 1.29 is 9.21 Å². The summed E-state index contributed by atoms with van der Waals surface area (Å²) in [6, 6.07) is 5.36. The van der Waals surface area contributed by atoms with Crippen molar-refractivity contribution in [2.45, 2.75) is 6.92 Å². The quantitative estimate of drug-likeness (QED) is 0.653. The second kappa shape index (κ2) is 2.89. The molecule has 2 aromatic rings. The number of rotatable bonds is 1. The van der Waals surface area contributed by atoms with Gasteiger partial charge in [-0.15, -0.1) is 0 Å². The summed E-state index contributed by atoms with van der Waals surface area (Å²) < 4.78 is 5.36. The van der Waals surface area contributed by atoms with Crippen LogP contribution >= 0.6 is 11.6 Å². The molecule has 0 unspecified atom stereocenters. The van der Waals surface area contributed by atoms with E-state index in [1.807, 2.05) is 6.07 Å². The number of fused-ring (bicyclic) bond motifs is 1. The fourth-order valence-corrected chi connectivity index (χ4v) is 1.58. The molecule has 0 saturated heterocycles. The van der Waals surface area contributed by atoms with Crippen LogP contribution < -0.4 is 0 Å². The van der Waals surface area contributed by atoms with Crippen LogP contribution in [0, 0.1) is 6.92 Å². The van der Waals surface area contributed by atoms with Gasteiger partial charge < -0.3 is 4.42 Å². The van der Waals surface area contributed by atoms with Crippen molar-refractivity contribution in [3.63, 3.8) is 0 Å². The molecule has 0 N–H and O–H groups in total. The molecule has 0 saturated carbocycles. The van der Waals surface area contributed by atoms with E-state index in [-0.39, 0.29) is 0 Å². The number of hydrogen-bond acceptors (Lipinski definition) is 2. The monoisotopic (exact) mass is 194 g/mol. The normalized spacial score (nSPS) is 10.6. The Morgan fingerprint density at radius 2 is 2.23 bits per heavy atom. The van der Waals surface area contributed by atoms with Gasteiger partial charge in [-0.2, -0.15) is 0 Å². The standard InChI is InChI=1S/C10H7ClO2/c1-6-8(5-12)7-3-2-4-9(11)10(7)13-6/h2-5H,1H3. The first-order chi connectivity index (χ1) is 6.24. The van der Waals surface area contributed by atoms with Crippen LogP contribution in [0.4, 0.5) is 0 Å². The summed E-state index contributed by atoms with van der Waals surface area (Å²) in [5.41, 5.74) is 1.17. The molecular weight excluding hydrogens is 188 g/mol. The van der Waals surface area contributed by atoms with Gasteiger partial charge in [-0.25, -0.2) is 0 Å². The molecule has 0 atom stereocenters. The molecule has 0 aliphatic carbocycles. The Morgan fingerprint density at radius 1 is 1.46 bits per heavy atom. The van der Waals surface area contributed by atoms with Crippen LogP contribution in [0.1, 0.15) is 16.1 Å². The summed E-state index contributed by atoms with van der Waals surface area (Å²) in [5, 5.41) is 1.31. The van der Waals surface area contributed by atoms with Gasteiger partial charge in [0.1, 0.15) is 5.76 Å². The molecule has 1 aromatic heterocycles. The Balaban J connectivity index is 2.93. The molecule has 2 rings (SSSR count). The van der Waals surface area contributed by atoms with Gasteiger partial charge in [-0.1, -0.05) is 23.7 Å². The number of aldehydes is 1. The fourth-order valence-electron chi connectivity index (χ4n) is 1.37.